The standard InChI is InChI=1S/C19H29N3O/c1-20-18-11-12-22(13-18)14-19(23)21-17-9-7-16(8-10-17)15-5-3-2-4-6-15/h7-10,15,18,20H,2-6,11-14H2,1H3,(H,21,23)/t18-/m0/s1. The number of anilines is 1. The molecule has 2 N–H and O–H groups in total. The molecule has 3 rings (SSSR count). The molecule has 4 nitrogen and oxygen atoms in total. The van der Waals surface area contributed by atoms with Crippen molar-refractivity contribution >= 4 is 11.6 Å². The molecule has 2 aliphatic rings. The number of hydrogen-bond acceptors (Lipinski definition) is 3. The van der Waals surface area contributed by atoms with Gasteiger partial charge >= 0.3 is 0 Å². The maximum atomic E-state index is 12.2. The Hall–Kier alpha value is -1.39. The van der Waals surface area contributed by atoms with Crippen LogP contribution in [-0.2, 0) is 4.79 Å². The number of carbonyl (C=O) groups is 1. The fourth-order valence-electron chi connectivity index (χ4n) is 3.89. The molecule has 0 bridgehead atoms. The predicted molar refractivity (Wildman–Crippen MR) is 94.8 cm³/mol. The molecule has 0 spiro atoms. The average Bonchev–Trinajstić information content (AvgIpc) is 3.04. The van der Waals surface area contributed by atoms with Crippen molar-refractivity contribution in [3.8, 4) is 0 Å². The summed E-state index contributed by atoms with van der Waals surface area (Å²) >= 11 is 0. The first-order valence-electron chi connectivity index (χ1n) is 9.04. The number of carbonyl (C=O) groups excluding carboxylic acids is 1. The Balaban J connectivity index is 1.48. The highest BCUT2D eigenvalue weighted by Gasteiger charge is 2.22. The zero-order valence-electron chi connectivity index (χ0n) is 14.2. The Morgan fingerprint density at radius 3 is 2.52 bits per heavy atom. The van der Waals surface area contributed by atoms with Gasteiger partial charge in [0.1, 0.15) is 0 Å². The van der Waals surface area contributed by atoms with Crippen LogP contribution in [0.15, 0.2) is 24.3 Å². The van der Waals surface area contributed by atoms with E-state index in [1.807, 2.05) is 7.05 Å². The van der Waals surface area contributed by atoms with Crippen LogP contribution in [0.5, 0.6) is 0 Å². The summed E-state index contributed by atoms with van der Waals surface area (Å²) in [6.45, 7) is 2.45. The lowest BCUT2D eigenvalue weighted by Crippen LogP contribution is -2.34. The number of hydrogen-bond donors (Lipinski definition) is 2. The Morgan fingerprint density at radius 2 is 1.87 bits per heavy atom. The van der Waals surface area contributed by atoms with E-state index >= 15 is 0 Å². The summed E-state index contributed by atoms with van der Waals surface area (Å²) in [7, 11) is 1.99. The van der Waals surface area contributed by atoms with E-state index in [4.69, 9.17) is 0 Å². The summed E-state index contributed by atoms with van der Waals surface area (Å²) in [5, 5.41) is 6.31. The summed E-state index contributed by atoms with van der Waals surface area (Å²) in [5.41, 5.74) is 2.35. The van der Waals surface area contributed by atoms with Crippen molar-refractivity contribution in [3.63, 3.8) is 0 Å². The molecule has 1 heterocycles. The third-order valence-corrected chi connectivity index (χ3v) is 5.32. The number of benzene rings is 1. The molecule has 1 atom stereocenters. The molecule has 0 aromatic heterocycles. The summed E-state index contributed by atoms with van der Waals surface area (Å²) in [6.07, 6.45) is 7.84. The fourth-order valence-corrected chi connectivity index (χ4v) is 3.89. The first-order valence-corrected chi connectivity index (χ1v) is 9.04. The van der Waals surface area contributed by atoms with Crippen molar-refractivity contribution in [3.05, 3.63) is 29.8 Å². The van der Waals surface area contributed by atoms with Gasteiger partial charge in [0, 0.05) is 24.8 Å². The molecule has 0 radical (unpaired) electrons. The second kappa shape index (κ2) is 7.93. The van der Waals surface area contributed by atoms with E-state index in [9.17, 15) is 4.79 Å². The van der Waals surface area contributed by atoms with Gasteiger partial charge in [0.05, 0.1) is 6.54 Å². The highest BCUT2D eigenvalue weighted by molar-refractivity contribution is 5.92. The number of rotatable bonds is 5. The second-order valence-corrected chi connectivity index (χ2v) is 7.01. The highest BCUT2D eigenvalue weighted by Crippen LogP contribution is 2.32. The molecule has 0 unspecified atom stereocenters. The van der Waals surface area contributed by atoms with Crippen molar-refractivity contribution in [1.29, 1.82) is 0 Å². The molecule has 1 aromatic rings. The molecule has 23 heavy (non-hydrogen) atoms. The Bertz CT molecular complexity index is 508. The highest BCUT2D eigenvalue weighted by atomic mass is 16.2. The van der Waals surface area contributed by atoms with E-state index in [2.05, 4.69) is 39.8 Å². The smallest absolute Gasteiger partial charge is 0.238 e. The normalized spacial score (nSPS) is 23.1. The van der Waals surface area contributed by atoms with Crippen molar-refractivity contribution in [2.75, 3.05) is 32.0 Å². The molecule has 4 heteroatoms. The molecule has 1 amide bonds. The molecule has 1 aromatic carbocycles. The SMILES string of the molecule is CN[C@H]1CCN(CC(=O)Nc2ccc(C3CCCCC3)cc2)C1. The van der Waals surface area contributed by atoms with Crippen LogP contribution in [0, 0.1) is 0 Å². The second-order valence-electron chi connectivity index (χ2n) is 7.01. The zero-order chi connectivity index (χ0) is 16.1. The lowest BCUT2D eigenvalue weighted by molar-refractivity contribution is -0.117. The first kappa shape index (κ1) is 16.5. The lowest BCUT2D eigenvalue weighted by atomic mass is 9.84. The van der Waals surface area contributed by atoms with Crippen LogP contribution in [0.2, 0.25) is 0 Å². The van der Waals surface area contributed by atoms with E-state index in [1.54, 1.807) is 0 Å². The third kappa shape index (κ3) is 4.55. The van der Waals surface area contributed by atoms with Crippen molar-refractivity contribution in [2.45, 2.75) is 50.5 Å². The van der Waals surface area contributed by atoms with Crippen molar-refractivity contribution in [1.82, 2.24) is 10.2 Å². The first-order chi connectivity index (χ1) is 11.2. The van der Waals surface area contributed by atoms with Gasteiger partial charge in [-0.25, -0.2) is 0 Å². The Kier molecular flexibility index (Phi) is 5.68. The summed E-state index contributed by atoms with van der Waals surface area (Å²) in [5.74, 6) is 0.809. The minimum Gasteiger partial charge on any atom is -0.325 e. The van der Waals surface area contributed by atoms with Crippen LogP contribution < -0.4 is 10.6 Å². The number of nitrogens with zero attached hydrogens (tertiary/aromatic N) is 1. The van der Waals surface area contributed by atoms with Crippen LogP contribution in [0.25, 0.3) is 0 Å². The maximum absolute atomic E-state index is 12.2. The van der Waals surface area contributed by atoms with Crippen LogP contribution in [-0.4, -0.2) is 43.5 Å². The lowest BCUT2D eigenvalue weighted by Gasteiger charge is -2.22. The number of likely N-dealkylation sites (tertiary alicyclic amines) is 1. The quantitative estimate of drug-likeness (QED) is 0.878. The van der Waals surface area contributed by atoms with E-state index in [0.717, 1.165) is 31.1 Å². The van der Waals surface area contributed by atoms with Gasteiger partial charge in [-0.2, -0.15) is 0 Å². The average molecular weight is 315 g/mol. The van der Waals surface area contributed by atoms with E-state index in [1.165, 1.54) is 37.7 Å². The molecule has 2 fully saturated rings. The monoisotopic (exact) mass is 315 g/mol. The molecule has 1 saturated heterocycles. The number of likely N-dealkylation sites (N-methyl/N-ethyl adjacent to an activating group) is 1. The van der Waals surface area contributed by atoms with Gasteiger partial charge in [-0.3, -0.25) is 9.69 Å². The van der Waals surface area contributed by atoms with Crippen molar-refractivity contribution in [2.24, 2.45) is 0 Å². The molecular weight excluding hydrogens is 286 g/mol. The number of amides is 1. The van der Waals surface area contributed by atoms with Crippen molar-refractivity contribution < 1.29 is 4.79 Å². The molecular formula is C19H29N3O. The Labute approximate surface area is 139 Å². The van der Waals surface area contributed by atoms with E-state index in [-0.39, 0.29) is 5.91 Å². The summed E-state index contributed by atoms with van der Waals surface area (Å²) in [4.78, 5) is 14.4. The zero-order valence-corrected chi connectivity index (χ0v) is 14.2. The van der Waals surface area contributed by atoms with Gasteiger partial charge in [0.2, 0.25) is 5.91 Å². The minimum absolute atomic E-state index is 0.0900. The van der Waals surface area contributed by atoms with Gasteiger partial charge in [-0.1, -0.05) is 31.4 Å². The van der Waals surface area contributed by atoms with Gasteiger partial charge in [-0.15, -0.1) is 0 Å². The maximum Gasteiger partial charge on any atom is 0.238 e. The predicted octanol–water partition coefficient (Wildman–Crippen LogP) is 2.97. The van der Waals surface area contributed by atoms with Crippen LogP contribution >= 0.6 is 0 Å². The van der Waals surface area contributed by atoms with Gasteiger partial charge < -0.3 is 10.6 Å². The Morgan fingerprint density at radius 1 is 1.13 bits per heavy atom. The summed E-state index contributed by atoms with van der Waals surface area (Å²) < 4.78 is 0. The molecule has 126 valence electrons. The largest absolute Gasteiger partial charge is 0.325 e. The van der Waals surface area contributed by atoms with Crippen LogP contribution in [0.1, 0.15) is 50.0 Å². The molecule has 1 aliphatic heterocycles. The minimum atomic E-state index is 0.0900. The van der Waals surface area contributed by atoms with Gasteiger partial charge in [0.15, 0.2) is 0 Å². The topological polar surface area (TPSA) is 44.4 Å². The molecule has 1 aliphatic carbocycles. The van der Waals surface area contributed by atoms with Crippen LogP contribution in [0.4, 0.5) is 5.69 Å². The van der Waals surface area contributed by atoms with Gasteiger partial charge in [0.25, 0.3) is 0 Å². The third-order valence-electron chi connectivity index (χ3n) is 5.32. The summed E-state index contributed by atoms with van der Waals surface area (Å²) in [6, 6.07) is 9.03. The molecule has 1 saturated carbocycles. The number of nitrogens with one attached hydrogen (secondary N) is 2. The van der Waals surface area contributed by atoms with Gasteiger partial charge in [-0.05, 0) is 49.9 Å². The van der Waals surface area contributed by atoms with E-state index < -0.39 is 0 Å². The van der Waals surface area contributed by atoms with E-state index in [0.29, 0.717) is 12.6 Å². The van der Waals surface area contributed by atoms with Crippen LogP contribution in [0.3, 0.4) is 0 Å². The fraction of sp³-hybridized carbons (Fsp3) is 0.632.